The van der Waals surface area contributed by atoms with E-state index in [1.54, 1.807) is 0 Å². The van der Waals surface area contributed by atoms with Crippen molar-refractivity contribution in [3.05, 3.63) is 0 Å². The molecule has 0 aromatic rings. The molecule has 0 rings (SSSR count). The molecule has 5 heteroatoms. The average Bonchev–Trinajstić information content (AvgIpc) is 1.98. The fraction of sp³-hybridized carbons (Fsp3) is 0.800. The molecule has 0 saturated heterocycles. The van der Waals surface area contributed by atoms with Crippen LogP contribution in [0.5, 0.6) is 0 Å². The van der Waals surface area contributed by atoms with Gasteiger partial charge in [-0.2, -0.15) is 0 Å². The van der Waals surface area contributed by atoms with Crippen LogP contribution in [-0.4, -0.2) is 11.9 Å². The molecule has 0 fully saturated rings. The summed E-state index contributed by atoms with van der Waals surface area (Å²) in [6.45, 7) is 6.41. The van der Waals surface area contributed by atoms with Gasteiger partial charge in [-0.1, -0.05) is 39.5 Å². The third-order valence-corrected chi connectivity index (χ3v) is 0.957. The van der Waals surface area contributed by atoms with E-state index in [2.05, 4.69) is 13.8 Å². The van der Waals surface area contributed by atoms with Crippen LogP contribution in [0.4, 0.5) is 0 Å². The monoisotopic (exact) mass is 268 g/mol. The molecule has 0 spiro atoms. The van der Waals surface area contributed by atoms with Gasteiger partial charge in [0.15, 0.2) is 0 Å². The van der Waals surface area contributed by atoms with Crippen molar-refractivity contribution in [2.24, 2.45) is 0 Å². The minimum atomic E-state index is -1.08. The SMILES string of the molecule is CC(=O)[O-].CC(=O)[O-].CCCCCC.[Zn+2]. The molecule has 0 aliphatic heterocycles. The maximum Gasteiger partial charge on any atom is 2.00 e. The molecular weight excluding hydrogens is 249 g/mol. The maximum atomic E-state index is 8.89. The zero-order valence-electron chi connectivity index (χ0n) is 10.2. The Kier molecular flexibility index (Phi) is 37.5. The van der Waals surface area contributed by atoms with Crippen molar-refractivity contribution < 1.29 is 39.3 Å². The van der Waals surface area contributed by atoms with Gasteiger partial charge in [-0.05, 0) is 13.8 Å². The molecule has 0 heterocycles. The Bertz CT molecular complexity index is 113. The fourth-order valence-corrected chi connectivity index (χ4v) is 0.500. The molecule has 0 amide bonds. The maximum absolute atomic E-state index is 8.89. The van der Waals surface area contributed by atoms with E-state index in [0.717, 1.165) is 13.8 Å². The molecule has 0 radical (unpaired) electrons. The third kappa shape index (κ3) is 276. The Morgan fingerprint density at radius 2 is 1.00 bits per heavy atom. The Hall–Kier alpha value is -0.437. The van der Waals surface area contributed by atoms with Crippen molar-refractivity contribution in [3.8, 4) is 0 Å². The van der Waals surface area contributed by atoms with Crippen molar-refractivity contribution in [2.75, 3.05) is 0 Å². The molecule has 0 N–H and O–H groups in total. The fourth-order valence-electron chi connectivity index (χ4n) is 0.500. The van der Waals surface area contributed by atoms with Crippen LogP contribution in [0.2, 0.25) is 0 Å². The summed E-state index contributed by atoms with van der Waals surface area (Å²) in [7, 11) is 0. The van der Waals surface area contributed by atoms with Gasteiger partial charge in [-0.15, -0.1) is 0 Å². The molecule has 0 aromatic heterocycles. The molecule has 0 saturated carbocycles. The number of carbonyl (C=O) groups excluding carboxylic acids is 2. The van der Waals surface area contributed by atoms with Crippen LogP contribution in [0.1, 0.15) is 53.4 Å². The Morgan fingerprint density at radius 1 is 0.867 bits per heavy atom. The second kappa shape index (κ2) is 23.4. The zero-order valence-corrected chi connectivity index (χ0v) is 13.1. The van der Waals surface area contributed by atoms with Gasteiger partial charge < -0.3 is 19.8 Å². The predicted molar refractivity (Wildman–Crippen MR) is 51.2 cm³/mol. The second-order valence-corrected chi connectivity index (χ2v) is 2.69. The van der Waals surface area contributed by atoms with E-state index in [9.17, 15) is 0 Å². The molecule has 15 heavy (non-hydrogen) atoms. The summed E-state index contributed by atoms with van der Waals surface area (Å²) in [5, 5.41) is 17.8. The minimum Gasteiger partial charge on any atom is -0.550 e. The van der Waals surface area contributed by atoms with E-state index in [-0.39, 0.29) is 19.5 Å². The summed E-state index contributed by atoms with van der Waals surface area (Å²) in [4.78, 5) is 17.8. The first-order valence-electron chi connectivity index (χ1n) is 4.73. The smallest absolute Gasteiger partial charge is 0.550 e. The van der Waals surface area contributed by atoms with Crippen LogP contribution in [-0.2, 0) is 29.1 Å². The first-order valence-corrected chi connectivity index (χ1v) is 4.73. The number of carboxylic acid groups (broad SMARTS) is 2. The first-order chi connectivity index (χ1) is 6.38. The van der Waals surface area contributed by atoms with E-state index < -0.39 is 11.9 Å². The van der Waals surface area contributed by atoms with Crippen LogP contribution < -0.4 is 10.2 Å². The van der Waals surface area contributed by atoms with Crippen molar-refractivity contribution in [1.29, 1.82) is 0 Å². The molecule has 0 unspecified atom stereocenters. The van der Waals surface area contributed by atoms with Gasteiger partial charge in [0.25, 0.3) is 0 Å². The predicted octanol–water partition coefficient (Wildman–Crippen LogP) is 0.0965. The largest absolute Gasteiger partial charge is 2.00 e. The van der Waals surface area contributed by atoms with Gasteiger partial charge in [0.2, 0.25) is 0 Å². The van der Waals surface area contributed by atoms with Crippen LogP contribution >= 0.6 is 0 Å². The van der Waals surface area contributed by atoms with Crippen LogP contribution in [0.15, 0.2) is 0 Å². The molecule has 0 aliphatic rings. The molecule has 0 bridgehead atoms. The molecular formula is C10H20O4Zn. The van der Waals surface area contributed by atoms with Crippen molar-refractivity contribution in [2.45, 2.75) is 53.4 Å². The number of carboxylic acids is 2. The number of hydrogen-bond donors (Lipinski definition) is 0. The molecule has 86 valence electrons. The van der Waals surface area contributed by atoms with Gasteiger partial charge in [-0.25, -0.2) is 0 Å². The van der Waals surface area contributed by atoms with Gasteiger partial charge in [0.05, 0.1) is 0 Å². The molecule has 0 atom stereocenters. The van der Waals surface area contributed by atoms with E-state index in [1.807, 2.05) is 0 Å². The zero-order chi connectivity index (χ0) is 12.0. The number of rotatable bonds is 3. The number of hydrogen-bond acceptors (Lipinski definition) is 4. The van der Waals surface area contributed by atoms with Crippen LogP contribution in [0.25, 0.3) is 0 Å². The van der Waals surface area contributed by atoms with Crippen molar-refractivity contribution >= 4 is 11.9 Å². The van der Waals surface area contributed by atoms with Crippen LogP contribution in [0.3, 0.4) is 0 Å². The van der Waals surface area contributed by atoms with E-state index >= 15 is 0 Å². The Morgan fingerprint density at radius 3 is 1.07 bits per heavy atom. The number of carbonyl (C=O) groups is 2. The molecule has 4 nitrogen and oxygen atoms in total. The quantitative estimate of drug-likeness (QED) is 0.537. The molecule has 0 aromatic carbocycles. The van der Waals surface area contributed by atoms with E-state index in [1.165, 1.54) is 25.7 Å². The summed E-state index contributed by atoms with van der Waals surface area (Å²) < 4.78 is 0. The number of aliphatic carboxylic acids is 2. The summed E-state index contributed by atoms with van der Waals surface area (Å²) in [5.41, 5.74) is 0. The first kappa shape index (κ1) is 24.0. The summed E-state index contributed by atoms with van der Waals surface area (Å²) in [5.74, 6) is -2.17. The Balaban J connectivity index is -0.0000000606. The molecule has 0 aliphatic carbocycles. The van der Waals surface area contributed by atoms with Gasteiger partial charge in [0, 0.05) is 11.9 Å². The van der Waals surface area contributed by atoms with Gasteiger partial charge >= 0.3 is 19.5 Å². The summed E-state index contributed by atoms with van der Waals surface area (Å²) >= 11 is 0. The minimum absolute atomic E-state index is 0. The van der Waals surface area contributed by atoms with Crippen molar-refractivity contribution in [3.63, 3.8) is 0 Å². The van der Waals surface area contributed by atoms with Crippen LogP contribution in [0, 0.1) is 0 Å². The summed E-state index contributed by atoms with van der Waals surface area (Å²) in [6.07, 6.45) is 5.54. The van der Waals surface area contributed by atoms with Gasteiger partial charge in [-0.3, -0.25) is 0 Å². The number of unbranched alkanes of at least 4 members (excludes halogenated alkanes) is 3. The van der Waals surface area contributed by atoms with E-state index in [0.29, 0.717) is 0 Å². The standard InChI is InChI=1S/C6H14.2C2H4O2.Zn/c1-3-5-6-4-2;2*1-2(3)4;/h3-6H2,1-2H3;2*1H3,(H,3,4);/q;;;+2/p-2. The normalized spacial score (nSPS) is 6.93. The second-order valence-electron chi connectivity index (χ2n) is 2.69. The third-order valence-electron chi connectivity index (χ3n) is 0.957. The average molecular weight is 270 g/mol. The Labute approximate surface area is 105 Å². The topological polar surface area (TPSA) is 80.3 Å². The van der Waals surface area contributed by atoms with Crippen molar-refractivity contribution in [1.82, 2.24) is 0 Å². The van der Waals surface area contributed by atoms with Gasteiger partial charge in [0.1, 0.15) is 0 Å². The summed E-state index contributed by atoms with van der Waals surface area (Å²) in [6, 6.07) is 0. The van der Waals surface area contributed by atoms with E-state index in [4.69, 9.17) is 19.8 Å².